The molecule has 1 N–H and O–H groups in total. The van der Waals surface area contributed by atoms with Crippen molar-refractivity contribution in [2.45, 2.75) is 25.8 Å². The highest BCUT2D eigenvalue weighted by Gasteiger charge is 2.31. The smallest absolute Gasteiger partial charge is 0.244 e. The maximum Gasteiger partial charge on any atom is 0.244 e. The number of halogens is 3. The minimum atomic E-state index is -3.92. The number of carbonyl (C=O) groups is 2. The van der Waals surface area contributed by atoms with Crippen molar-refractivity contribution in [3.05, 3.63) is 63.1 Å². The summed E-state index contributed by atoms with van der Waals surface area (Å²) in [6, 6.07) is 11.3. The Labute approximate surface area is 209 Å². The molecule has 0 aliphatic carbocycles. The van der Waals surface area contributed by atoms with Crippen LogP contribution in [0.3, 0.4) is 0 Å². The van der Waals surface area contributed by atoms with Gasteiger partial charge < -0.3 is 10.2 Å². The second-order valence-corrected chi connectivity index (χ2v) is 10.5. The number of amides is 2. The normalized spacial score (nSPS) is 12.2. The minimum absolute atomic E-state index is 0.0248. The van der Waals surface area contributed by atoms with Crippen LogP contribution in [0, 0.1) is 0 Å². The Balaban J connectivity index is 2.41. The monoisotopic (exact) mass is 533 g/mol. The molecule has 0 spiro atoms. The fraction of sp³-hybridized carbons (Fsp3) is 0.364. The molecule has 0 fully saturated rings. The molecule has 33 heavy (non-hydrogen) atoms. The van der Waals surface area contributed by atoms with Gasteiger partial charge in [-0.25, -0.2) is 8.42 Å². The largest absolute Gasteiger partial charge is 0.357 e. The van der Waals surface area contributed by atoms with Crippen molar-refractivity contribution in [1.29, 1.82) is 0 Å². The first-order valence-electron chi connectivity index (χ1n) is 10.2. The number of likely N-dealkylation sites (N-methyl/N-ethyl adjacent to an activating group) is 1. The quantitative estimate of drug-likeness (QED) is 0.467. The van der Waals surface area contributed by atoms with E-state index in [1.165, 1.54) is 24.1 Å². The van der Waals surface area contributed by atoms with Crippen molar-refractivity contribution in [3.63, 3.8) is 0 Å². The van der Waals surface area contributed by atoms with E-state index < -0.39 is 28.5 Å². The predicted octanol–water partition coefficient (Wildman–Crippen LogP) is 4.01. The molecule has 1 atom stereocenters. The Bertz CT molecular complexity index is 1100. The number of nitrogens with one attached hydrogen (secondary N) is 1. The zero-order valence-electron chi connectivity index (χ0n) is 18.5. The summed E-state index contributed by atoms with van der Waals surface area (Å²) in [6.45, 7) is 1.45. The lowest BCUT2D eigenvalue weighted by molar-refractivity contribution is -0.139. The fourth-order valence-electron chi connectivity index (χ4n) is 3.36. The Hall–Kier alpha value is -2.00. The molecule has 2 amide bonds. The van der Waals surface area contributed by atoms with Gasteiger partial charge in [-0.15, -0.1) is 0 Å². The molecular weight excluding hydrogens is 509 g/mol. The van der Waals surface area contributed by atoms with E-state index in [4.69, 9.17) is 34.8 Å². The van der Waals surface area contributed by atoms with Crippen molar-refractivity contribution < 1.29 is 18.0 Å². The molecule has 0 unspecified atom stereocenters. The van der Waals surface area contributed by atoms with Gasteiger partial charge in [-0.2, -0.15) is 0 Å². The zero-order chi connectivity index (χ0) is 24.8. The van der Waals surface area contributed by atoms with Crippen LogP contribution in [0.1, 0.15) is 18.9 Å². The van der Waals surface area contributed by atoms with Gasteiger partial charge in [0.15, 0.2) is 0 Å². The molecule has 0 radical (unpaired) electrons. The van der Waals surface area contributed by atoms with Crippen LogP contribution in [-0.2, 0) is 26.0 Å². The van der Waals surface area contributed by atoms with E-state index in [1.807, 2.05) is 30.3 Å². The SMILES string of the molecule is CC[C@@H](C(=O)NC)N(CCc1ccccc1)C(=O)CN(c1cc(Cl)c(Cl)cc1Cl)S(C)(=O)=O. The van der Waals surface area contributed by atoms with Gasteiger partial charge in [0.05, 0.1) is 27.0 Å². The molecule has 0 saturated carbocycles. The Morgan fingerprint density at radius 2 is 1.64 bits per heavy atom. The van der Waals surface area contributed by atoms with E-state index in [2.05, 4.69) is 5.32 Å². The van der Waals surface area contributed by atoms with Crippen LogP contribution in [-0.4, -0.2) is 57.6 Å². The number of rotatable bonds is 10. The fourth-order valence-corrected chi connectivity index (χ4v) is 4.91. The summed E-state index contributed by atoms with van der Waals surface area (Å²) < 4.78 is 26.0. The van der Waals surface area contributed by atoms with E-state index in [0.717, 1.165) is 16.1 Å². The average Bonchev–Trinajstić information content (AvgIpc) is 2.77. The van der Waals surface area contributed by atoms with E-state index in [1.54, 1.807) is 6.92 Å². The summed E-state index contributed by atoms with van der Waals surface area (Å²) in [5, 5.41) is 2.84. The summed E-state index contributed by atoms with van der Waals surface area (Å²) in [7, 11) is -2.44. The highest BCUT2D eigenvalue weighted by Crippen LogP contribution is 2.35. The van der Waals surface area contributed by atoms with Crippen molar-refractivity contribution in [3.8, 4) is 0 Å². The van der Waals surface area contributed by atoms with Gasteiger partial charge >= 0.3 is 0 Å². The van der Waals surface area contributed by atoms with Crippen LogP contribution in [0.5, 0.6) is 0 Å². The highest BCUT2D eigenvalue weighted by atomic mass is 35.5. The first-order valence-corrected chi connectivity index (χ1v) is 13.1. The molecule has 0 aliphatic heterocycles. The number of anilines is 1. The molecular formula is C22H26Cl3N3O4S. The number of hydrogen-bond donors (Lipinski definition) is 1. The lowest BCUT2D eigenvalue weighted by Crippen LogP contribution is -2.52. The molecule has 2 aromatic carbocycles. The molecule has 0 heterocycles. The number of benzene rings is 2. The minimum Gasteiger partial charge on any atom is -0.357 e. The van der Waals surface area contributed by atoms with Gasteiger partial charge in [0.25, 0.3) is 0 Å². The molecule has 0 saturated heterocycles. The summed E-state index contributed by atoms with van der Waals surface area (Å²) in [4.78, 5) is 27.3. The first kappa shape index (κ1) is 27.2. The summed E-state index contributed by atoms with van der Waals surface area (Å²) >= 11 is 18.3. The van der Waals surface area contributed by atoms with Crippen LogP contribution in [0.15, 0.2) is 42.5 Å². The third-order valence-corrected chi connectivity index (χ3v) is 7.21. The Morgan fingerprint density at radius 3 is 2.18 bits per heavy atom. The van der Waals surface area contributed by atoms with Gasteiger partial charge in [-0.1, -0.05) is 72.1 Å². The van der Waals surface area contributed by atoms with Gasteiger partial charge in [-0.05, 0) is 30.5 Å². The van der Waals surface area contributed by atoms with Crippen molar-refractivity contribution in [2.24, 2.45) is 0 Å². The number of carbonyl (C=O) groups excluding carboxylic acids is 2. The average molecular weight is 535 g/mol. The van der Waals surface area contributed by atoms with Gasteiger partial charge in [-0.3, -0.25) is 13.9 Å². The number of nitrogens with zero attached hydrogens (tertiary/aromatic N) is 2. The van der Waals surface area contributed by atoms with Crippen molar-refractivity contribution in [2.75, 3.05) is 30.7 Å². The lowest BCUT2D eigenvalue weighted by Gasteiger charge is -2.32. The van der Waals surface area contributed by atoms with Crippen molar-refractivity contribution in [1.82, 2.24) is 10.2 Å². The molecule has 2 rings (SSSR count). The highest BCUT2D eigenvalue weighted by molar-refractivity contribution is 7.92. The third kappa shape index (κ3) is 7.24. The Kier molecular flexibility index (Phi) is 9.84. The molecule has 180 valence electrons. The maximum atomic E-state index is 13.4. The first-order chi connectivity index (χ1) is 15.5. The van der Waals surface area contributed by atoms with Crippen LogP contribution in [0.25, 0.3) is 0 Å². The molecule has 11 heteroatoms. The van der Waals surface area contributed by atoms with E-state index in [-0.39, 0.29) is 33.2 Å². The van der Waals surface area contributed by atoms with Crippen molar-refractivity contribution >= 4 is 62.3 Å². The zero-order valence-corrected chi connectivity index (χ0v) is 21.6. The van der Waals surface area contributed by atoms with Crippen LogP contribution in [0.2, 0.25) is 15.1 Å². The Morgan fingerprint density at radius 1 is 1.03 bits per heavy atom. The van der Waals surface area contributed by atoms with Crippen LogP contribution in [0.4, 0.5) is 5.69 Å². The molecule has 0 aromatic heterocycles. The topological polar surface area (TPSA) is 86.8 Å². The molecule has 2 aromatic rings. The number of hydrogen-bond acceptors (Lipinski definition) is 4. The standard InChI is InChI=1S/C22H26Cl3N3O4S/c1-4-19(22(30)26-2)27(11-10-15-8-6-5-7-9-15)21(29)14-28(33(3,31)32)20-13-17(24)16(23)12-18(20)25/h5-9,12-13,19H,4,10-11,14H2,1-3H3,(H,26,30)/t19-/m0/s1. The van der Waals surface area contributed by atoms with E-state index >= 15 is 0 Å². The summed E-state index contributed by atoms with van der Waals surface area (Å²) in [5.41, 5.74) is 1.01. The van der Waals surface area contributed by atoms with Crippen LogP contribution < -0.4 is 9.62 Å². The van der Waals surface area contributed by atoms with Crippen LogP contribution >= 0.6 is 34.8 Å². The predicted molar refractivity (Wildman–Crippen MR) is 134 cm³/mol. The second-order valence-electron chi connectivity index (χ2n) is 7.35. The molecule has 0 bridgehead atoms. The second kappa shape index (κ2) is 11.9. The van der Waals surface area contributed by atoms with Gasteiger partial charge in [0.2, 0.25) is 21.8 Å². The molecule has 0 aliphatic rings. The third-order valence-electron chi connectivity index (χ3n) is 5.05. The molecule has 7 nitrogen and oxygen atoms in total. The summed E-state index contributed by atoms with van der Waals surface area (Å²) in [6.07, 6.45) is 1.81. The summed E-state index contributed by atoms with van der Waals surface area (Å²) in [5.74, 6) is -0.883. The van der Waals surface area contributed by atoms with E-state index in [9.17, 15) is 18.0 Å². The van der Waals surface area contributed by atoms with Gasteiger partial charge in [0, 0.05) is 13.6 Å². The lowest BCUT2D eigenvalue weighted by atomic mass is 10.1. The number of sulfonamides is 1. The van der Waals surface area contributed by atoms with E-state index in [0.29, 0.717) is 12.8 Å². The van der Waals surface area contributed by atoms with Gasteiger partial charge in [0.1, 0.15) is 12.6 Å². The maximum absolute atomic E-state index is 13.4.